The Bertz CT molecular complexity index is 597. The molecule has 0 aliphatic heterocycles. The van der Waals surface area contributed by atoms with Crippen LogP contribution in [0.3, 0.4) is 0 Å². The van der Waals surface area contributed by atoms with Crippen LogP contribution in [0.4, 0.5) is 11.4 Å². The molecule has 0 spiro atoms. The van der Waals surface area contributed by atoms with Gasteiger partial charge in [-0.3, -0.25) is 14.4 Å². The lowest BCUT2D eigenvalue weighted by Crippen LogP contribution is -2.41. The van der Waals surface area contributed by atoms with Gasteiger partial charge in [-0.2, -0.15) is 0 Å². The van der Waals surface area contributed by atoms with Crippen LogP contribution in [-0.2, 0) is 14.4 Å². The highest BCUT2D eigenvalue weighted by Crippen LogP contribution is 2.26. The summed E-state index contributed by atoms with van der Waals surface area (Å²) >= 11 is 0. The first-order chi connectivity index (χ1) is 11.0. The van der Waals surface area contributed by atoms with Crippen LogP contribution >= 0.6 is 0 Å². The van der Waals surface area contributed by atoms with Crippen molar-refractivity contribution in [1.29, 1.82) is 0 Å². The van der Waals surface area contributed by atoms with Gasteiger partial charge in [-0.05, 0) is 31.0 Å². The molecule has 0 heterocycles. The number of hydrogen-bond donors (Lipinski definition) is 2. The number of hydrogen-bond acceptors (Lipinski definition) is 3. The van der Waals surface area contributed by atoms with Crippen molar-refractivity contribution in [1.82, 2.24) is 5.32 Å². The van der Waals surface area contributed by atoms with Gasteiger partial charge in [-0.1, -0.05) is 12.5 Å². The molecule has 1 aromatic rings. The second kappa shape index (κ2) is 7.76. The van der Waals surface area contributed by atoms with Gasteiger partial charge in [0, 0.05) is 44.2 Å². The third-order valence-corrected chi connectivity index (χ3v) is 3.97. The van der Waals surface area contributed by atoms with Crippen LogP contribution in [0.25, 0.3) is 0 Å². The smallest absolute Gasteiger partial charge is 0.223 e. The molecule has 0 bridgehead atoms. The first-order valence-corrected chi connectivity index (χ1v) is 7.91. The monoisotopic (exact) mass is 317 g/mol. The summed E-state index contributed by atoms with van der Waals surface area (Å²) in [6, 6.07) is 7.10. The predicted molar refractivity (Wildman–Crippen MR) is 89.1 cm³/mol. The maximum Gasteiger partial charge on any atom is 0.223 e. The zero-order valence-corrected chi connectivity index (χ0v) is 13.6. The maximum atomic E-state index is 11.9. The third kappa shape index (κ3) is 4.81. The largest absolute Gasteiger partial charge is 0.354 e. The Balaban J connectivity index is 1.96. The van der Waals surface area contributed by atoms with Gasteiger partial charge in [-0.25, -0.2) is 0 Å². The van der Waals surface area contributed by atoms with Crippen LogP contribution in [-0.4, -0.2) is 30.8 Å². The van der Waals surface area contributed by atoms with E-state index < -0.39 is 0 Å². The van der Waals surface area contributed by atoms with Gasteiger partial charge in [0.05, 0.1) is 0 Å². The molecule has 3 amide bonds. The third-order valence-electron chi connectivity index (χ3n) is 3.97. The van der Waals surface area contributed by atoms with Crippen molar-refractivity contribution in [2.24, 2.45) is 5.92 Å². The summed E-state index contributed by atoms with van der Waals surface area (Å²) in [5.41, 5.74) is 1.33. The summed E-state index contributed by atoms with van der Waals surface area (Å²) < 4.78 is 0. The molecule has 1 fully saturated rings. The van der Waals surface area contributed by atoms with Crippen LogP contribution in [0.15, 0.2) is 24.3 Å². The van der Waals surface area contributed by atoms with Gasteiger partial charge in [0.15, 0.2) is 0 Å². The summed E-state index contributed by atoms with van der Waals surface area (Å²) in [7, 11) is 0. The molecule has 1 aromatic carbocycles. The molecular weight excluding hydrogens is 294 g/mol. The van der Waals surface area contributed by atoms with Crippen molar-refractivity contribution in [3.05, 3.63) is 24.3 Å². The number of carbonyl (C=O) groups is 3. The Labute approximate surface area is 136 Å². The molecule has 0 saturated heterocycles. The van der Waals surface area contributed by atoms with Gasteiger partial charge in [0.2, 0.25) is 17.7 Å². The van der Waals surface area contributed by atoms with E-state index in [0.717, 1.165) is 19.3 Å². The van der Waals surface area contributed by atoms with Crippen molar-refractivity contribution in [3.8, 4) is 0 Å². The zero-order chi connectivity index (χ0) is 16.8. The fraction of sp³-hybridized carbons (Fsp3) is 0.471. The maximum absolute atomic E-state index is 11.9. The number of anilines is 2. The number of carbonyl (C=O) groups excluding carboxylic acids is 3. The molecule has 0 aromatic heterocycles. The second-order valence-electron chi connectivity index (χ2n) is 5.82. The zero-order valence-electron chi connectivity index (χ0n) is 13.6. The molecule has 6 nitrogen and oxygen atoms in total. The van der Waals surface area contributed by atoms with Crippen LogP contribution in [0.1, 0.15) is 33.1 Å². The Kier molecular flexibility index (Phi) is 5.73. The molecule has 23 heavy (non-hydrogen) atoms. The molecule has 2 rings (SSSR count). The topological polar surface area (TPSA) is 78.5 Å². The molecule has 1 saturated carbocycles. The molecule has 124 valence electrons. The molecule has 6 heteroatoms. The minimum absolute atomic E-state index is 0.0757. The molecule has 0 unspecified atom stereocenters. The van der Waals surface area contributed by atoms with Gasteiger partial charge >= 0.3 is 0 Å². The molecule has 0 radical (unpaired) electrons. The predicted octanol–water partition coefficient (Wildman–Crippen LogP) is 1.91. The van der Waals surface area contributed by atoms with E-state index >= 15 is 0 Å². The summed E-state index contributed by atoms with van der Waals surface area (Å²) in [6.07, 6.45) is 3.04. The SMILES string of the molecule is CC(=O)Nc1cccc(N(CCNC(=O)C2CCC2)C(C)=O)c1. The summed E-state index contributed by atoms with van der Waals surface area (Å²) in [4.78, 5) is 36.4. The summed E-state index contributed by atoms with van der Waals surface area (Å²) in [5, 5.41) is 5.58. The van der Waals surface area contributed by atoms with Crippen molar-refractivity contribution < 1.29 is 14.4 Å². The van der Waals surface area contributed by atoms with E-state index in [9.17, 15) is 14.4 Å². The van der Waals surface area contributed by atoms with Crippen LogP contribution in [0.2, 0.25) is 0 Å². The van der Waals surface area contributed by atoms with E-state index in [0.29, 0.717) is 24.5 Å². The lowest BCUT2D eigenvalue weighted by atomic mass is 9.85. The van der Waals surface area contributed by atoms with Gasteiger partial charge in [-0.15, -0.1) is 0 Å². The molecule has 1 aliphatic carbocycles. The van der Waals surface area contributed by atoms with Gasteiger partial charge in [0.25, 0.3) is 0 Å². The van der Waals surface area contributed by atoms with Crippen molar-refractivity contribution in [2.45, 2.75) is 33.1 Å². The van der Waals surface area contributed by atoms with E-state index in [4.69, 9.17) is 0 Å². The molecule has 1 aliphatic rings. The number of nitrogens with one attached hydrogen (secondary N) is 2. The highest BCUT2D eigenvalue weighted by atomic mass is 16.2. The van der Waals surface area contributed by atoms with E-state index in [1.165, 1.54) is 13.8 Å². The minimum Gasteiger partial charge on any atom is -0.354 e. The van der Waals surface area contributed by atoms with E-state index in [-0.39, 0.29) is 23.6 Å². The normalized spacial score (nSPS) is 13.8. The van der Waals surface area contributed by atoms with Gasteiger partial charge < -0.3 is 15.5 Å². The van der Waals surface area contributed by atoms with Gasteiger partial charge in [0.1, 0.15) is 0 Å². The second-order valence-corrected chi connectivity index (χ2v) is 5.82. The number of amides is 3. The first kappa shape index (κ1) is 17.0. The lowest BCUT2D eigenvalue weighted by Gasteiger charge is -2.26. The number of benzene rings is 1. The fourth-order valence-corrected chi connectivity index (χ4v) is 2.53. The van der Waals surface area contributed by atoms with Crippen molar-refractivity contribution >= 4 is 29.1 Å². The molecular formula is C17H23N3O3. The molecule has 0 atom stereocenters. The minimum atomic E-state index is -0.163. The van der Waals surface area contributed by atoms with E-state index in [1.807, 2.05) is 0 Å². The first-order valence-electron chi connectivity index (χ1n) is 7.91. The Morgan fingerprint density at radius 1 is 1.22 bits per heavy atom. The highest BCUT2D eigenvalue weighted by Gasteiger charge is 2.24. The van der Waals surface area contributed by atoms with Crippen LogP contribution in [0.5, 0.6) is 0 Å². The van der Waals surface area contributed by atoms with E-state index in [2.05, 4.69) is 10.6 Å². The quantitative estimate of drug-likeness (QED) is 0.841. The Morgan fingerprint density at radius 2 is 1.96 bits per heavy atom. The molecule has 2 N–H and O–H groups in total. The Morgan fingerprint density at radius 3 is 2.52 bits per heavy atom. The lowest BCUT2D eigenvalue weighted by molar-refractivity contribution is -0.127. The van der Waals surface area contributed by atoms with Crippen LogP contribution in [0, 0.1) is 5.92 Å². The van der Waals surface area contributed by atoms with Crippen LogP contribution < -0.4 is 15.5 Å². The van der Waals surface area contributed by atoms with Crippen molar-refractivity contribution in [2.75, 3.05) is 23.3 Å². The summed E-state index contributed by atoms with van der Waals surface area (Å²) in [5.74, 6) is -0.0530. The number of rotatable bonds is 6. The summed E-state index contributed by atoms with van der Waals surface area (Å²) in [6.45, 7) is 3.74. The Hall–Kier alpha value is -2.37. The average Bonchev–Trinajstić information content (AvgIpc) is 2.40. The van der Waals surface area contributed by atoms with Crippen molar-refractivity contribution in [3.63, 3.8) is 0 Å². The highest BCUT2D eigenvalue weighted by molar-refractivity contribution is 5.94. The number of nitrogens with zero attached hydrogens (tertiary/aromatic N) is 1. The fourth-order valence-electron chi connectivity index (χ4n) is 2.53. The standard InChI is InChI=1S/C17H23N3O3/c1-12(21)19-15-7-4-8-16(11-15)20(13(2)22)10-9-18-17(23)14-5-3-6-14/h4,7-8,11,14H,3,5-6,9-10H2,1-2H3,(H,18,23)(H,19,21). The average molecular weight is 317 g/mol. The van der Waals surface area contributed by atoms with E-state index in [1.54, 1.807) is 29.2 Å².